The maximum atomic E-state index is 12.0. The zero-order valence-electron chi connectivity index (χ0n) is 11.0. The molecule has 0 bridgehead atoms. The summed E-state index contributed by atoms with van der Waals surface area (Å²) >= 11 is 0. The molecule has 106 valence electrons. The van der Waals surface area contributed by atoms with Crippen molar-refractivity contribution in [3.05, 3.63) is 29.8 Å². The Kier molecular flexibility index (Phi) is 4.96. The quantitative estimate of drug-likeness (QED) is 0.738. The van der Waals surface area contributed by atoms with Crippen molar-refractivity contribution in [3.63, 3.8) is 0 Å². The second kappa shape index (κ2) is 6.50. The third kappa shape index (κ3) is 4.60. The van der Waals surface area contributed by atoms with Crippen molar-refractivity contribution in [2.24, 2.45) is 11.7 Å². The van der Waals surface area contributed by atoms with Gasteiger partial charge < -0.3 is 10.5 Å². The minimum atomic E-state index is -3.24. The highest BCUT2D eigenvalue weighted by molar-refractivity contribution is 7.91. The Balaban J connectivity index is 1.78. The van der Waals surface area contributed by atoms with Crippen LogP contribution in [-0.2, 0) is 21.1 Å². The summed E-state index contributed by atoms with van der Waals surface area (Å²) in [5.41, 5.74) is 6.41. The van der Waals surface area contributed by atoms with Crippen LogP contribution in [0.4, 0.5) is 0 Å². The highest BCUT2D eigenvalue weighted by Crippen LogP contribution is 2.32. The van der Waals surface area contributed by atoms with E-state index in [4.69, 9.17) is 10.5 Å². The van der Waals surface area contributed by atoms with Gasteiger partial charge in [0.15, 0.2) is 9.84 Å². The van der Waals surface area contributed by atoms with Crippen molar-refractivity contribution in [1.82, 2.24) is 0 Å². The number of hydrogen-bond donors (Lipinski definition) is 1. The Morgan fingerprint density at radius 3 is 2.42 bits per heavy atom. The number of benzene rings is 1. The van der Waals surface area contributed by atoms with Gasteiger partial charge in [0.25, 0.3) is 0 Å². The summed E-state index contributed by atoms with van der Waals surface area (Å²) in [5.74, 6) is 0.861. The predicted octanol–water partition coefficient (Wildman–Crippen LogP) is 1.74. The highest BCUT2D eigenvalue weighted by atomic mass is 32.2. The standard InChI is InChI=1S/C14H21NO3S/c15-11-13-3-5-14(6-4-13)19(16,17)10-9-18-8-7-12-1-2-12/h3-6,12H,1-2,7-11,15H2. The van der Waals surface area contributed by atoms with Gasteiger partial charge >= 0.3 is 0 Å². The molecule has 0 amide bonds. The van der Waals surface area contributed by atoms with Gasteiger partial charge in [0.2, 0.25) is 0 Å². The zero-order chi connectivity index (χ0) is 13.7. The predicted molar refractivity (Wildman–Crippen MR) is 74.5 cm³/mol. The first-order valence-electron chi connectivity index (χ1n) is 6.71. The van der Waals surface area contributed by atoms with Crippen molar-refractivity contribution in [3.8, 4) is 0 Å². The maximum Gasteiger partial charge on any atom is 0.180 e. The Morgan fingerprint density at radius 2 is 1.84 bits per heavy atom. The van der Waals surface area contributed by atoms with E-state index in [1.54, 1.807) is 24.3 Å². The molecule has 2 N–H and O–H groups in total. The third-order valence-corrected chi connectivity index (χ3v) is 5.08. The Hall–Kier alpha value is -0.910. The minimum absolute atomic E-state index is 0.0413. The molecular weight excluding hydrogens is 262 g/mol. The van der Waals surface area contributed by atoms with Crippen molar-refractivity contribution in [1.29, 1.82) is 0 Å². The monoisotopic (exact) mass is 283 g/mol. The Labute approximate surface area is 114 Å². The lowest BCUT2D eigenvalue weighted by Gasteiger charge is -2.06. The van der Waals surface area contributed by atoms with Crippen molar-refractivity contribution < 1.29 is 13.2 Å². The van der Waals surface area contributed by atoms with Gasteiger partial charge in [-0.25, -0.2) is 8.42 Å². The molecule has 0 radical (unpaired) electrons. The molecule has 1 aliphatic rings. The summed E-state index contributed by atoms with van der Waals surface area (Å²) in [4.78, 5) is 0.343. The van der Waals surface area contributed by atoms with Crippen LogP contribution in [0.25, 0.3) is 0 Å². The number of nitrogens with two attached hydrogens (primary N) is 1. The van der Waals surface area contributed by atoms with Crippen LogP contribution in [0.5, 0.6) is 0 Å². The van der Waals surface area contributed by atoms with E-state index in [0.29, 0.717) is 18.0 Å². The van der Waals surface area contributed by atoms with Crippen molar-refractivity contribution in [2.75, 3.05) is 19.0 Å². The maximum absolute atomic E-state index is 12.0. The van der Waals surface area contributed by atoms with E-state index in [9.17, 15) is 8.42 Å². The minimum Gasteiger partial charge on any atom is -0.380 e. The van der Waals surface area contributed by atoms with Crippen LogP contribution in [0, 0.1) is 5.92 Å². The van der Waals surface area contributed by atoms with Crippen LogP contribution in [-0.4, -0.2) is 27.4 Å². The van der Waals surface area contributed by atoms with E-state index >= 15 is 0 Å². The van der Waals surface area contributed by atoms with Gasteiger partial charge in [-0.3, -0.25) is 0 Å². The van der Waals surface area contributed by atoms with Gasteiger partial charge in [0.05, 0.1) is 17.3 Å². The smallest absolute Gasteiger partial charge is 0.180 e. The zero-order valence-corrected chi connectivity index (χ0v) is 11.9. The molecule has 0 heterocycles. The topological polar surface area (TPSA) is 69.4 Å². The van der Waals surface area contributed by atoms with Crippen LogP contribution >= 0.6 is 0 Å². The highest BCUT2D eigenvalue weighted by Gasteiger charge is 2.20. The number of rotatable bonds is 8. The molecule has 1 aromatic rings. The fraction of sp³-hybridized carbons (Fsp3) is 0.571. The van der Waals surface area contributed by atoms with E-state index in [1.807, 2.05) is 0 Å². The first-order valence-corrected chi connectivity index (χ1v) is 8.36. The van der Waals surface area contributed by atoms with Gasteiger partial charge in [-0.05, 0) is 30.0 Å². The molecule has 0 spiro atoms. The first kappa shape index (κ1) is 14.5. The molecule has 0 saturated heterocycles. The summed E-state index contributed by atoms with van der Waals surface area (Å²) in [5, 5.41) is 0. The number of sulfone groups is 1. The lowest BCUT2D eigenvalue weighted by molar-refractivity contribution is 0.142. The first-order chi connectivity index (χ1) is 9.12. The molecule has 1 aromatic carbocycles. The van der Waals surface area contributed by atoms with Crippen LogP contribution in [0.15, 0.2) is 29.2 Å². The van der Waals surface area contributed by atoms with Crippen molar-refractivity contribution >= 4 is 9.84 Å². The van der Waals surface area contributed by atoms with Crippen LogP contribution in [0.3, 0.4) is 0 Å². The second-order valence-corrected chi connectivity index (χ2v) is 7.12. The SMILES string of the molecule is NCc1ccc(S(=O)(=O)CCOCCC2CC2)cc1. The molecular formula is C14H21NO3S. The van der Waals surface area contributed by atoms with Gasteiger partial charge in [-0.15, -0.1) is 0 Å². The summed E-state index contributed by atoms with van der Waals surface area (Å²) in [7, 11) is -3.24. The van der Waals surface area contributed by atoms with E-state index in [-0.39, 0.29) is 12.4 Å². The van der Waals surface area contributed by atoms with Gasteiger partial charge in [0, 0.05) is 13.2 Å². The van der Waals surface area contributed by atoms with E-state index < -0.39 is 9.84 Å². The number of hydrogen-bond acceptors (Lipinski definition) is 4. The van der Waals surface area contributed by atoms with Gasteiger partial charge in [-0.1, -0.05) is 25.0 Å². The fourth-order valence-corrected chi connectivity index (χ4v) is 3.00. The average molecular weight is 283 g/mol. The lowest BCUT2D eigenvalue weighted by atomic mass is 10.2. The van der Waals surface area contributed by atoms with E-state index in [2.05, 4.69) is 0 Å². The molecule has 4 nitrogen and oxygen atoms in total. The molecule has 0 aromatic heterocycles. The largest absolute Gasteiger partial charge is 0.380 e. The lowest BCUT2D eigenvalue weighted by Crippen LogP contribution is -2.13. The summed E-state index contributed by atoms with van der Waals surface area (Å²) in [6.07, 6.45) is 3.66. The summed E-state index contributed by atoms with van der Waals surface area (Å²) < 4.78 is 29.4. The molecule has 1 fully saturated rings. The van der Waals surface area contributed by atoms with E-state index in [1.165, 1.54) is 12.8 Å². The van der Waals surface area contributed by atoms with Crippen LogP contribution < -0.4 is 5.73 Å². The van der Waals surface area contributed by atoms with Crippen molar-refractivity contribution in [2.45, 2.75) is 30.7 Å². The Bertz CT molecular complexity index is 492. The molecule has 1 aliphatic carbocycles. The molecule has 1 saturated carbocycles. The average Bonchev–Trinajstić information content (AvgIpc) is 3.22. The third-order valence-electron chi connectivity index (χ3n) is 3.38. The molecule has 0 atom stereocenters. The molecule has 2 rings (SSSR count). The fourth-order valence-electron chi connectivity index (χ4n) is 1.88. The normalized spacial score (nSPS) is 15.6. The summed E-state index contributed by atoms with van der Waals surface area (Å²) in [6, 6.07) is 6.73. The van der Waals surface area contributed by atoms with Crippen LogP contribution in [0.1, 0.15) is 24.8 Å². The molecule has 5 heteroatoms. The molecule has 19 heavy (non-hydrogen) atoms. The second-order valence-electron chi connectivity index (χ2n) is 5.01. The van der Waals surface area contributed by atoms with E-state index in [0.717, 1.165) is 17.9 Å². The summed E-state index contributed by atoms with van der Waals surface area (Å²) in [6.45, 7) is 1.37. The Morgan fingerprint density at radius 1 is 1.16 bits per heavy atom. The molecule has 0 aliphatic heterocycles. The number of ether oxygens (including phenoxy) is 1. The van der Waals surface area contributed by atoms with Crippen LogP contribution in [0.2, 0.25) is 0 Å². The van der Waals surface area contributed by atoms with Gasteiger partial charge in [-0.2, -0.15) is 0 Å². The van der Waals surface area contributed by atoms with Gasteiger partial charge in [0.1, 0.15) is 0 Å². The molecule has 0 unspecified atom stereocenters.